The predicted octanol–water partition coefficient (Wildman–Crippen LogP) is 1.19. The van der Waals surface area contributed by atoms with Gasteiger partial charge in [-0.05, 0) is 19.5 Å². The fourth-order valence-corrected chi connectivity index (χ4v) is 1.85. The van der Waals surface area contributed by atoms with Crippen molar-refractivity contribution in [3.05, 3.63) is 11.8 Å². The molecule has 0 spiro atoms. The summed E-state index contributed by atoms with van der Waals surface area (Å²) in [5.41, 5.74) is 2.71. The van der Waals surface area contributed by atoms with Gasteiger partial charge in [-0.15, -0.1) is 0 Å². The van der Waals surface area contributed by atoms with Crippen LogP contribution < -0.4 is 0 Å². The van der Waals surface area contributed by atoms with Gasteiger partial charge in [0.1, 0.15) is 9.68 Å². The molecule has 60 valence electrons. The molecule has 0 heterocycles. The van der Waals surface area contributed by atoms with E-state index in [2.05, 4.69) is 51.2 Å². The minimum atomic E-state index is -0.0809. The first kappa shape index (κ1) is 9.92. The number of rotatable bonds is 2. The van der Waals surface area contributed by atoms with Crippen molar-refractivity contribution in [2.45, 2.75) is 20.8 Å². The summed E-state index contributed by atoms with van der Waals surface area (Å²) in [4.78, 5) is 0. The number of nitrogens with zero attached hydrogens (tertiary/aromatic N) is 1. The Morgan fingerprint density at radius 1 is 1.20 bits per heavy atom. The average Bonchev–Trinajstić information content (AvgIpc) is 1.59. The molecular weight excluding hydrogens is 138 g/mol. The second-order valence-electron chi connectivity index (χ2n) is 4.03. The van der Waals surface area contributed by atoms with E-state index in [1.54, 1.807) is 0 Å². The van der Waals surface area contributed by atoms with Crippen LogP contribution in [0, 0.1) is 5.41 Å². The van der Waals surface area contributed by atoms with Crippen LogP contribution in [0.3, 0.4) is 0 Å². The van der Waals surface area contributed by atoms with Crippen LogP contribution in [0.15, 0.2) is 11.8 Å². The van der Waals surface area contributed by atoms with Crippen molar-refractivity contribution in [3.8, 4) is 0 Å². The molecule has 0 N–H and O–H groups in total. The van der Waals surface area contributed by atoms with Gasteiger partial charge in [-0.3, -0.25) is 0 Å². The molecule has 0 aliphatic heterocycles. The molecule has 0 amide bonds. The summed E-state index contributed by atoms with van der Waals surface area (Å²) in [7, 11) is 4.20. The topological polar surface area (TPSA) is 3.24 Å². The van der Waals surface area contributed by atoms with Crippen LogP contribution in [0.2, 0.25) is 0 Å². The van der Waals surface area contributed by atoms with Crippen LogP contribution in [-0.2, 0) is 0 Å². The summed E-state index contributed by atoms with van der Waals surface area (Å²) in [6.07, 6.45) is 2.30. The molecule has 10 heavy (non-hydrogen) atoms. The first-order chi connectivity index (χ1) is 4.42. The monoisotopic (exact) mass is 157 g/mol. The van der Waals surface area contributed by atoms with Crippen LogP contribution in [0.1, 0.15) is 20.8 Å². The zero-order valence-corrected chi connectivity index (χ0v) is 9.22. The van der Waals surface area contributed by atoms with Gasteiger partial charge in [-0.1, -0.05) is 32.5 Å². The fraction of sp³-hybridized carbons (Fsp3) is 0.750. The zero-order valence-electron chi connectivity index (χ0n) is 7.81. The Hall–Kier alpha value is -0.0831. The van der Waals surface area contributed by atoms with E-state index < -0.39 is 0 Å². The summed E-state index contributed by atoms with van der Waals surface area (Å²) in [5.74, 6) is 0. The lowest BCUT2D eigenvalue weighted by atomic mass is 9.98. The fourth-order valence-electron chi connectivity index (χ4n) is 0.617. The van der Waals surface area contributed by atoms with E-state index in [0.717, 1.165) is 0 Å². The lowest BCUT2D eigenvalue weighted by molar-refractivity contribution is 0.544. The second kappa shape index (κ2) is 3.94. The average molecular weight is 157 g/mol. The molecule has 0 aromatic heterocycles. The predicted molar refractivity (Wildman–Crippen MR) is 50.8 cm³/mol. The maximum absolute atomic E-state index is 2.35. The van der Waals surface area contributed by atoms with Gasteiger partial charge in [0.15, 0.2) is 0 Å². The van der Waals surface area contributed by atoms with E-state index in [1.165, 1.54) is 0 Å². The molecule has 2 heteroatoms. The highest BCUT2D eigenvalue weighted by atomic mass is 28.2. The van der Waals surface area contributed by atoms with E-state index in [9.17, 15) is 0 Å². The number of allylic oxidation sites excluding steroid dienone is 1. The first-order valence-corrected chi connectivity index (χ1v) is 5.19. The maximum Gasteiger partial charge on any atom is 0.118 e. The van der Waals surface area contributed by atoms with Gasteiger partial charge in [-0.25, -0.2) is 0 Å². The summed E-state index contributed by atoms with van der Waals surface area (Å²) < 4.78 is 2.29. The van der Waals surface area contributed by atoms with E-state index in [0.29, 0.717) is 5.41 Å². The van der Waals surface area contributed by atoms with Gasteiger partial charge in [0.05, 0.1) is 0 Å². The van der Waals surface area contributed by atoms with Crippen molar-refractivity contribution < 1.29 is 0 Å². The van der Waals surface area contributed by atoms with Gasteiger partial charge in [0.2, 0.25) is 0 Å². The third-order valence-corrected chi connectivity index (χ3v) is 2.27. The summed E-state index contributed by atoms with van der Waals surface area (Å²) >= 11 is 0. The standard InChI is InChI=1S/C8H19NSi/c1-8(2,3)6-7-10-9(4)5/h6-7H,10H2,1-5H3. The molecule has 0 saturated heterocycles. The highest BCUT2D eigenvalue weighted by Gasteiger charge is 2.02. The Morgan fingerprint density at radius 3 is 2.00 bits per heavy atom. The molecule has 0 aromatic rings. The van der Waals surface area contributed by atoms with Gasteiger partial charge in [0.25, 0.3) is 0 Å². The Morgan fingerprint density at radius 2 is 1.70 bits per heavy atom. The summed E-state index contributed by atoms with van der Waals surface area (Å²) in [5, 5.41) is 0. The normalized spacial score (nSPS) is 14.6. The van der Waals surface area contributed by atoms with Gasteiger partial charge in [-0.2, -0.15) is 0 Å². The maximum atomic E-state index is 2.35. The summed E-state index contributed by atoms with van der Waals surface area (Å²) in [6, 6.07) is 0. The van der Waals surface area contributed by atoms with Crippen molar-refractivity contribution >= 4 is 9.68 Å². The van der Waals surface area contributed by atoms with Crippen LogP contribution in [0.25, 0.3) is 0 Å². The van der Waals surface area contributed by atoms with Gasteiger partial charge < -0.3 is 4.57 Å². The molecule has 0 rings (SSSR count). The second-order valence-corrected chi connectivity index (χ2v) is 6.13. The smallest absolute Gasteiger partial charge is 0.118 e. The lowest BCUT2D eigenvalue weighted by Gasteiger charge is -2.12. The molecular formula is C8H19NSi. The summed E-state index contributed by atoms with van der Waals surface area (Å²) in [6.45, 7) is 6.69. The van der Waals surface area contributed by atoms with E-state index >= 15 is 0 Å². The Kier molecular flexibility index (Phi) is 3.90. The molecule has 0 atom stereocenters. The largest absolute Gasteiger partial charge is 0.331 e. The molecule has 0 aromatic carbocycles. The van der Waals surface area contributed by atoms with Crippen LogP contribution in [0.5, 0.6) is 0 Å². The number of hydrogen-bond acceptors (Lipinski definition) is 1. The molecule has 0 aliphatic carbocycles. The lowest BCUT2D eigenvalue weighted by Crippen LogP contribution is -2.15. The minimum Gasteiger partial charge on any atom is -0.331 e. The third-order valence-electron chi connectivity index (χ3n) is 1.09. The van der Waals surface area contributed by atoms with Crippen LogP contribution >= 0.6 is 0 Å². The molecule has 0 radical (unpaired) electrons. The van der Waals surface area contributed by atoms with Crippen molar-refractivity contribution in [1.82, 2.24) is 4.57 Å². The Labute approximate surface area is 67.0 Å². The minimum absolute atomic E-state index is 0.0809. The zero-order chi connectivity index (χ0) is 8.20. The van der Waals surface area contributed by atoms with Crippen LogP contribution in [-0.4, -0.2) is 28.3 Å². The first-order valence-electron chi connectivity index (χ1n) is 3.74. The van der Waals surface area contributed by atoms with E-state index in [4.69, 9.17) is 0 Å². The SMILES string of the molecule is CN(C)[SiH2]C=CC(C)(C)C. The molecule has 1 nitrogen and oxygen atoms in total. The highest BCUT2D eigenvalue weighted by Crippen LogP contribution is 2.13. The number of hydrogen-bond donors (Lipinski definition) is 0. The van der Waals surface area contributed by atoms with E-state index in [1.807, 2.05) is 0 Å². The van der Waals surface area contributed by atoms with Gasteiger partial charge in [0, 0.05) is 0 Å². The van der Waals surface area contributed by atoms with E-state index in [-0.39, 0.29) is 9.68 Å². The van der Waals surface area contributed by atoms with Crippen molar-refractivity contribution in [2.75, 3.05) is 14.1 Å². The molecule has 0 aliphatic rings. The Bertz CT molecular complexity index is 111. The third kappa shape index (κ3) is 7.92. The van der Waals surface area contributed by atoms with Crippen molar-refractivity contribution in [2.24, 2.45) is 5.41 Å². The molecule has 0 fully saturated rings. The van der Waals surface area contributed by atoms with Crippen molar-refractivity contribution in [1.29, 1.82) is 0 Å². The molecule has 0 unspecified atom stereocenters. The van der Waals surface area contributed by atoms with Crippen LogP contribution in [0.4, 0.5) is 0 Å². The highest BCUT2D eigenvalue weighted by molar-refractivity contribution is 6.38. The van der Waals surface area contributed by atoms with Crippen molar-refractivity contribution in [3.63, 3.8) is 0 Å². The quantitative estimate of drug-likeness (QED) is 0.544. The molecule has 0 saturated carbocycles. The van der Waals surface area contributed by atoms with Gasteiger partial charge >= 0.3 is 0 Å². The molecule has 0 bridgehead atoms. The Balaban J connectivity index is 3.57.